The summed E-state index contributed by atoms with van der Waals surface area (Å²) >= 11 is 0. The number of hydrogen-bond donors (Lipinski definition) is 3. The van der Waals surface area contributed by atoms with Gasteiger partial charge in [-0.2, -0.15) is 8.42 Å². The molecule has 2 aromatic carbocycles. The first-order valence-corrected chi connectivity index (χ1v) is 13.6. The van der Waals surface area contributed by atoms with Crippen LogP contribution in [0, 0.1) is 23.2 Å². The maximum absolute atomic E-state index is 12.7. The molecule has 9 heteroatoms. The van der Waals surface area contributed by atoms with Gasteiger partial charge in [0.2, 0.25) is 5.91 Å². The Labute approximate surface area is 204 Å². The minimum absolute atomic E-state index is 0.117. The van der Waals surface area contributed by atoms with E-state index in [1.54, 1.807) is 42.5 Å². The van der Waals surface area contributed by atoms with E-state index in [-0.39, 0.29) is 22.1 Å². The molecule has 7 rings (SSSR count). The standard InChI is InChI=1S/C26H28N4O4S/c31-23(15-26-12-16-9-17(13-26)11-18(10-16)14-26)28-29-25(32)19-5-7-20(8-6-19)27-24-21-3-1-2-4-22(21)35(33,34)30-24/h1-8,16-18H,9-15H2,(H,27,30)(H,28,31)(H,29,32). The van der Waals surface area contributed by atoms with Crippen LogP contribution < -0.4 is 16.2 Å². The zero-order valence-electron chi connectivity index (χ0n) is 19.3. The molecule has 0 aromatic heterocycles. The Balaban J connectivity index is 1.05. The summed E-state index contributed by atoms with van der Waals surface area (Å²) in [7, 11) is -3.71. The molecule has 4 aliphatic carbocycles. The van der Waals surface area contributed by atoms with Gasteiger partial charge in [-0.3, -0.25) is 20.4 Å². The fourth-order valence-electron chi connectivity index (χ4n) is 7.13. The van der Waals surface area contributed by atoms with E-state index in [0.717, 1.165) is 37.0 Å². The number of carbonyl (C=O) groups is 2. The van der Waals surface area contributed by atoms with Crippen LogP contribution in [0.5, 0.6) is 0 Å². The highest BCUT2D eigenvalue weighted by molar-refractivity contribution is 7.90. The fraction of sp³-hybridized carbons (Fsp3) is 0.423. The van der Waals surface area contributed by atoms with Crippen molar-refractivity contribution in [2.75, 3.05) is 5.32 Å². The molecule has 0 unspecified atom stereocenters. The molecule has 35 heavy (non-hydrogen) atoms. The van der Waals surface area contributed by atoms with Crippen molar-refractivity contribution in [3.63, 3.8) is 0 Å². The van der Waals surface area contributed by atoms with Gasteiger partial charge in [0.15, 0.2) is 5.84 Å². The highest BCUT2D eigenvalue weighted by atomic mass is 32.2. The summed E-state index contributed by atoms with van der Waals surface area (Å²) in [6.45, 7) is 0. The Morgan fingerprint density at radius 1 is 0.886 bits per heavy atom. The van der Waals surface area contributed by atoms with E-state index in [2.05, 4.69) is 20.6 Å². The molecular formula is C26H28N4O4S. The zero-order chi connectivity index (χ0) is 24.2. The topological polar surface area (TPSA) is 117 Å². The molecule has 5 aliphatic rings. The predicted molar refractivity (Wildman–Crippen MR) is 131 cm³/mol. The number of hydrazine groups is 1. The summed E-state index contributed by atoms with van der Waals surface area (Å²) in [5.41, 5.74) is 6.75. The van der Waals surface area contributed by atoms with Gasteiger partial charge in [0, 0.05) is 23.2 Å². The highest BCUT2D eigenvalue weighted by Gasteiger charge is 2.51. The third-order valence-corrected chi connectivity index (χ3v) is 9.39. The molecule has 0 spiro atoms. The van der Waals surface area contributed by atoms with Crippen molar-refractivity contribution < 1.29 is 18.0 Å². The average molecular weight is 493 g/mol. The molecule has 3 N–H and O–H groups in total. The minimum atomic E-state index is -3.71. The molecule has 0 radical (unpaired) electrons. The quantitative estimate of drug-likeness (QED) is 0.564. The second-order valence-electron chi connectivity index (χ2n) is 10.7. The first-order valence-electron chi connectivity index (χ1n) is 12.2. The molecule has 2 amide bonds. The van der Waals surface area contributed by atoms with Gasteiger partial charge >= 0.3 is 0 Å². The molecule has 1 aliphatic heterocycles. The molecule has 8 nitrogen and oxygen atoms in total. The Bertz CT molecular complexity index is 1300. The molecule has 0 atom stereocenters. The number of nitrogens with zero attached hydrogens (tertiary/aromatic N) is 1. The van der Waals surface area contributed by atoms with Crippen LogP contribution >= 0.6 is 0 Å². The third kappa shape index (κ3) is 4.22. The second-order valence-corrected chi connectivity index (χ2v) is 12.3. The lowest BCUT2D eigenvalue weighted by molar-refractivity contribution is -0.130. The second kappa shape index (κ2) is 8.19. The van der Waals surface area contributed by atoms with Crippen LogP contribution in [0.3, 0.4) is 0 Å². The van der Waals surface area contributed by atoms with Crippen molar-refractivity contribution in [1.82, 2.24) is 10.9 Å². The number of carbonyl (C=O) groups excluding carboxylic acids is 2. The largest absolute Gasteiger partial charge is 0.339 e. The number of sulfonamides is 1. The SMILES string of the molecule is O=C(CC12CC3CC(CC(C3)C1)C2)NNC(=O)c1ccc(NC2=NS(=O)(=O)c3ccccc32)cc1. The number of rotatable bonds is 4. The number of nitrogens with one attached hydrogen (secondary N) is 3. The molecule has 4 saturated carbocycles. The van der Waals surface area contributed by atoms with Gasteiger partial charge < -0.3 is 5.32 Å². The number of benzene rings is 2. The highest BCUT2D eigenvalue weighted by Crippen LogP contribution is 2.61. The molecule has 182 valence electrons. The number of amides is 2. The monoisotopic (exact) mass is 492 g/mol. The van der Waals surface area contributed by atoms with Crippen LogP contribution in [0.4, 0.5) is 5.69 Å². The van der Waals surface area contributed by atoms with E-state index in [9.17, 15) is 18.0 Å². The maximum Gasteiger partial charge on any atom is 0.285 e. The number of anilines is 1. The van der Waals surface area contributed by atoms with E-state index in [0.29, 0.717) is 23.2 Å². The lowest BCUT2D eigenvalue weighted by atomic mass is 9.49. The van der Waals surface area contributed by atoms with Crippen LogP contribution in [0.1, 0.15) is 60.9 Å². The van der Waals surface area contributed by atoms with E-state index in [1.807, 2.05) is 0 Å². The summed E-state index contributed by atoms with van der Waals surface area (Å²) in [5.74, 6) is 2.05. The van der Waals surface area contributed by atoms with Gasteiger partial charge in [-0.05, 0) is 98.1 Å². The normalized spacial score (nSPS) is 29.3. The van der Waals surface area contributed by atoms with Gasteiger partial charge in [0.1, 0.15) is 4.90 Å². The summed E-state index contributed by atoms with van der Waals surface area (Å²) in [6.07, 6.45) is 7.91. The Kier molecular flexibility index (Phi) is 5.21. The van der Waals surface area contributed by atoms with Gasteiger partial charge in [-0.1, -0.05) is 12.1 Å². The van der Waals surface area contributed by atoms with Crippen molar-refractivity contribution in [3.8, 4) is 0 Å². The number of amidine groups is 1. The lowest BCUT2D eigenvalue weighted by Gasteiger charge is -2.56. The van der Waals surface area contributed by atoms with Crippen molar-refractivity contribution >= 4 is 33.4 Å². The van der Waals surface area contributed by atoms with Gasteiger partial charge in [-0.15, -0.1) is 4.40 Å². The Morgan fingerprint density at radius 2 is 1.51 bits per heavy atom. The van der Waals surface area contributed by atoms with Crippen molar-refractivity contribution in [3.05, 3.63) is 59.7 Å². The van der Waals surface area contributed by atoms with Crippen LogP contribution in [0.15, 0.2) is 57.8 Å². The van der Waals surface area contributed by atoms with Crippen molar-refractivity contribution in [2.45, 2.75) is 49.8 Å². The first-order chi connectivity index (χ1) is 16.8. The fourth-order valence-corrected chi connectivity index (χ4v) is 8.30. The van der Waals surface area contributed by atoms with Gasteiger partial charge in [0.05, 0.1) is 0 Å². The van der Waals surface area contributed by atoms with Crippen LogP contribution in [0.2, 0.25) is 0 Å². The van der Waals surface area contributed by atoms with Crippen LogP contribution in [-0.2, 0) is 14.8 Å². The maximum atomic E-state index is 12.7. The van der Waals surface area contributed by atoms with Gasteiger partial charge in [0.25, 0.3) is 15.9 Å². The summed E-state index contributed by atoms with van der Waals surface area (Å²) in [5, 5.41) is 3.01. The third-order valence-electron chi connectivity index (χ3n) is 8.06. The Hall–Kier alpha value is -3.20. The average Bonchev–Trinajstić information content (AvgIpc) is 3.06. The lowest BCUT2D eigenvalue weighted by Crippen LogP contribution is -2.50. The van der Waals surface area contributed by atoms with E-state index < -0.39 is 15.9 Å². The zero-order valence-corrected chi connectivity index (χ0v) is 20.1. The summed E-state index contributed by atoms with van der Waals surface area (Å²) < 4.78 is 28.2. The molecule has 4 fully saturated rings. The number of hydrogen-bond acceptors (Lipinski definition) is 5. The molecule has 2 aromatic rings. The van der Waals surface area contributed by atoms with Crippen molar-refractivity contribution in [1.29, 1.82) is 0 Å². The summed E-state index contributed by atoms with van der Waals surface area (Å²) in [6, 6.07) is 13.2. The molecule has 0 saturated heterocycles. The number of fused-ring (bicyclic) bond motifs is 1. The predicted octanol–water partition coefficient (Wildman–Crippen LogP) is 3.62. The van der Waals surface area contributed by atoms with Gasteiger partial charge in [-0.25, -0.2) is 0 Å². The van der Waals surface area contributed by atoms with Crippen LogP contribution in [0.25, 0.3) is 0 Å². The Morgan fingerprint density at radius 3 is 2.17 bits per heavy atom. The molecule has 1 heterocycles. The smallest absolute Gasteiger partial charge is 0.285 e. The minimum Gasteiger partial charge on any atom is -0.339 e. The van der Waals surface area contributed by atoms with E-state index in [4.69, 9.17) is 0 Å². The van der Waals surface area contributed by atoms with Crippen LogP contribution in [-0.4, -0.2) is 26.1 Å². The molecule has 4 bridgehead atoms. The summed E-state index contributed by atoms with van der Waals surface area (Å²) in [4.78, 5) is 25.4. The first kappa shape index (κ1) is 22.3. The van der Waals surface area contributed by atoms with E-state index in [1.165, 1.54) is 25.3 Å². The van der Waals surface area contributed by atoms with Crippen molar-refractivity contribution in [2.24, 2.45) is 27.6 Å². The molecular weight excluding hydrogens is 464 g/mol. The van der Waals surface area contributed by atoms with E-state index >= 15 is 0 Å².